The van der Waals surface area contributed by atoms with E-state index in [-0.39, 0.29) is 11.5 Å². The van der Waals surface area contributed by atoms with Gasteiger partial charge in [-0.2, -0.15) is 0 Å². The molecular formula is C8H12N2O3. The average Bonchev–Trinajstić information content (AvgIpc) is 2.31. The van der Waals surface area contributed by atoms with Crippen molar-refractivity contribution in [2.24, 2.45) is 0 Å². The molecule has 0 saturated heterocycles. The highest BCUT2D eigenvalue weighted by Crippen LogP contribution is 2.04. The first-order valence-corrected chi connectivity index (χ1v) is 3.95. The lowest BCUT2D eigenvalue weighted by molar-refractivity contribution is -0.150. The molecule has 1 N–H and O–H groups in total. The maximum Gasteiger partial charge on any atom is 0.304 e. The van der Waals surface area contributed by atoms with Crippen LogP contribution in [0.3, 0.4) is 0 Å². The molecule has 1 atom stereocenters. The van der Waals surface area contributed by atoms with E-state index in [2.05, 4.69) is 5.10 Å². The van der Waals surface area contributed by atoms with Crippen LogP contribution in [0.15, 0.2) is 11.0 Å². The monoisotopic (exact) mass is 184 g/mol. The number of carbonyl (C=O) groups excluding carboxylic acids is 1. The Morgan fingerprint density at radius 1 is 1.69 bits per heavy atom. The fraction of sp³-hybridized carbons (Fsp3) is 0.500. The summed E-state index contributed by atoms with van der Waals surface area (Å²) < 4.78 is 6.32. The van der Waals surface area contributed by atoms with E-state index >= 15 is 0 Å². The van der Waals surface area contributed by atoms with Crippen LogP contribution in [0.1, 0.15) is 25.6 Å². The van der Waals surface area contributed by atoms with Crippen LogP contribution in [0.4, 0.5) is 0 Å². The highest BCUT2D eigenvalue weighted by Gasteiger charge is 2.08. The average molecular weight is 184 g/mol. The van der Waals surface area contributed by atoms with Gasteiger partial charge in [-0.05, 0) is 13.8 Å². The first-order valence-electron chi connectivity index (χ1n) is 3.95. The summed E-state index contributed by atoms with van der Waals surface area (Å²) in [6.07, 6.45) is 1.13. The normalized spacial score (nSPS) is 12.5. The molecule has 1 rings (SSSR count). The zero-order chi connectivity index (χ0) is 10.0. The van der Waals surface area contributed by atoms with Crippen LogP contribution in [0.2, 0.25) is 0 Å². The topological polar surface area (TPSA) is 64.1 Å². The molecule has 0 amide bonds. The Labute approximate surface area is 75.3 Å². The van der Waals surface area contributed by atoms with Gasteiger partial charge in [0, 0.05) is 18.7 Å². The summed E-state index contributed by atoms with van der Waals surface area (Å²) in [7, 11) is 0. The number of aromatic nitrogens is 2. The van der Waals surface area contributed by atoms with Crippen molar-refractivity contribution in [3.63, 3.8) is 0 Å². The van der Waals surface area contributed by atoms with Gasteiger partial charge in [-0.3, -0.25) is 19.4 Å². The van der Waals surface area contributed by atoms with Gasteiger partial charge in [-0.25, -0.2) is 0 Å². The molecule has 0 fully saturated rings. The molecule has 72 valence electrons. The third kappa shape index (κ3) is 2.21. The second-order valence-corrected chi connectivity index (χ2v) is 2.87. The van der Waals surface area contributed by atoms with Gasteiger partial charge >= 0.3 is 5.97 Å². The number of ether oxygens (including phenoxy) is 1. The fourth-order valence-corrected chi connectivity index (χ4v) is 0.998. The van der Waals surface area contributed by atoms with E-state index in [9.17, 15) is 9.59 Å². The molecule has 1 unspecified atom stereocenters. The third-order valence-corrected chi connectivity index (χ3v) is 1.65. The Morgan fingerprint density at radius 2 is 2.31 bits per heavy atom. The minimum Gasteiger partial charge on any atom is -0.440 e. The number of aryl methyl sites for hydroxylation is 1. The summed E-state index contributed by atoms with van der Waals surface area (Å²) in [5.41, 5.74) is 0.429. The molecule has 0 aliphatic rings. The summed E-state index contributed by atoms with van der Waals surface area (Å²) in [4.78, 5) is 21.6. The van der Waals surface area contributed by atoms with Crippen LogP contribution < -0.4 is 5.56 Å². The number of aromatic amines is 1. The zero-order valence-electron chi connectivity index (χ0n) is 7.83. The summed E-state index contributed by atoms with van der Waals surface area (Å²) in [6, 6.07) is 0. The molecule has 1 aromatic rings. The molecule has 1 heterocycles. The molecule has 1 aromatic heterocycles. The Hall–Kier alpha value is -1.52. The predicted molar refractivity (Wildman–Crippen MR) is 46.3 cm³/mol. The molecule has 5 heteroatoms. The smallest absolute Gasteiger partial charge is 0.304 e. The fourth-order valence-electron chi connectivity index (χ4n) is 0.998. The minimum atomic E-state index is -0.473. The zero-order valence-corrected chi connectivity index (χ0v) is 7.83. The number of rotatable bonds is 2. The molecule has 5 nitrogen and oxygen atoms in total. The van der Waals surface area contributed by atoms with E-state index in [0.29, 0.717) is 5.56 Å². The van der Waals surface area contributed by atoms with E-state index in [1.165, 1.54) is 11.6 Å². The third-order valence-electron chi connectivity index (χ3n) is 1.65. The van der Waals surface area contributed by atoms with Crippen molar-refractivity contribution >= 4 is 5.97 Å². The van der Waals surface area contributed by atoms with E-state index < -0.39 is 6.23 Å². The number of esters is 1. The van der Waals surface area contributed by atoms with Gasteiger partial charge in [0.25, 0.3) is 5.56 Å². The highest BCUT2D eigenvalue weighted by atomic mass is 16.6. The van der Waals surface area contributed by atoms with Crippen molar-refractivity contribution in [1.29, 1.82) is 0 Å². The summed E-state index contributed by atoms with van der Waals surface area (Å²) in [6.45, 7) is 4.69. The molecule has 0 saturated carbocycles. The maximum atomic E-state index is 11.0. The van der Waals surface area contributed by atoms with E-state index in [1.807, 2.05) is 0 Å². The quantitative estimate of drug-likeness (QED) is 0.683. The van der Waals surface area contributed by atoms with Crippen molar-refractivity contribution < 1.29 is 9.53 Å². The van der Waals surface area contributed by atoms with Crippen molar-refractivity contribution in [2.45, 2.75) is 27.0 Å². The van der Waals surface area contributed by atoms with Gasteiger partial charge in [-0.15, -0.1) is 0 Å². The highest BCUT2D eigenvalue weighted by molar-refractivity contribution is 5.65. The van der Waals surface area contributed by atoms with Crippen LogP contribution in [0.5, 0.6) is 0 Å². The van der Waals surface area contributed by atoms with Crippen LogP contribution in [-0.4, -0.2) is 15.7 Å². The first-order chi connectivity index (χ1) is 6.00. The lowest BCUT2D eigenvalue weighted by atomic mass is 10.4. The molecule has 13 heavy (non-hydrogen) atoms. The van der Waals surface area contributed by atoms with Gasteiger partial charge in [0.05, 0.1) is 0 Å². The molecule has 0 radical (unpaired) electrons. The van der Waals surface area contributed by atoms with Gasteiger partial charge in [0.2, 0.25) is 0 Å². The van der Waals surface area contributed by atoms with Crippen LogP contribution in [-0.2, 0) is 9.53 Å². The number of hydrogen-bond acceptors (Lipinski definition) is 3. The Bertz CT molecular complexity index is 364. The van der Waals surface area contributed by atoms with Crippen molar-refractivity contribution in [3.8, 4) is 0 Å². The lowest BCUT2D eigenvalue weighted by Gasteiger charge is -2.12. The first kappa shape index (κ1) is 9.57. The standard InChI is InChI=1S/C8H12N2O3/c1-5-4-10(9-8(5)12)6(2)13-7(3)11/h4,6H,1-3H3,(H,9,12). The number of hydrogen-bond donors (Lipinski definition) is 1. The van der Waals surface area contributed by atoms with Gasteiger partial charge in [0.15, 0.2) is 6.23 Å². The van der Waals surface area contributed by atoms with Crippen molar-refractivity contribution in [1.82, 2.24) is 9.78 Å². The largest absolute Gasteiger partial charge is 0.440 e. The number of nitrogens with zero attached hydrogens (tertiary/aromatic N) is 1. The molecular weight excluding hydrogens is 172 g/mol. The Balaban J connectivity index is 2.83. The van der Waals surface area contributed by atoms with Crippen molar-refractivity contribution in [2.75, 3.05) is 0 Å². The molecule has 0 aromatic carbocycles. The number of H-pyrrole nitrogens is 1. The molecule has 0 bridgehead atoms. The van der Waals surface area contributed by atoms with Crippen molar-refractivity contribution in [3.05, 3.63) is 22.1 Å². The van der Waals surface area contributed by atoms with E-state index in [0.717, 1.165) is 0 Å². The number of nitrogens with one attached hydrogen (secondary N) is 1. The number of carbonyl (C=O) groups is 1. The second-order valence-electron chi connectivity index (χ2n) is 2.87. The van der Waals surface area contributed by atoms with Gasteiger partial charge in [0.1, 0.15) is 0 Å². The van der Waals surface area contributed by atoms with E-state index in [4.69, 9.17) is 4.74 Å². The Morgan fingerprint density at radius 3 is 2.69 bits per heavy atom. The maximum absolute atomic E-state index is 11.0. The SMILES string of the molecule is CC(=O)OC(C)n1cc(C)c(=O)[nH]1. The van der Waals surface area contributed by atoms with E-state index in [1.54, 1.807) is 20.0 Å². The van der Waals surface area contributed by atoms with Gasteiger partial charge < -0.3 is 4.74 Å². The predicted octanol–water partition coefficient (Wildman–Crippen LogP) is 0.566. The molecule has 0 aliphatic carbocycles. The summed E-state index contributed by atoms with van der Waals surface area (Å²) in [5, 5.41) is 2.53. The molecule has 0 aliphatic heterocycles. The Kier molecular flexibility index (Phi) is 2.55. The van der Waals surface area contributed by atoms with Gasteiger partial charge in [-0.1, -0.05) is 0 Å². The second kappa shape index (κ2) is 3.47. The van der Waals surface area contributed by atoms with Crippen LogP contribution in [0, 0.1) is 6.92 Å². The summed E-state index contributed by atoms with van der Waals surface area (Å²) in [5.74, 6) is -0.375. The lowest BCUT2D eigenvalue weighted by Crippen LogP contribution is -2.15. The van der Waals surface area contributed by atoms with Crippen LogP contribution >= 0.6 is 0 Å². The summed E-state index contributed by atoms with van der Waals surface area (Å²) >= 11 is 0. The molecule has 0 spiro atoms. The van der Waals surface area contributed by atoms with Crippen LogP contribution in [0.25, 0.3) is 0 Å². The minimum absolute atomic E-state index is 0.168.